The van der Waals surface area contributed by atoms with Crippen LogP contribution in [0.2, 0.25) is 0 Å². The van der Waals surface area contributed by atoms with Crippen molar-refractivity contribution in [2.45, 2.75) is 30.8 Å². The zero-order valence-corrected chi connectivity index (χ0v) is 12.6. The van der Waals surface area contributed by atoms with E-state index in [1.54, 1.807) is 0 Å². The first-order valence-corrected chi connectivity index (χ1v) is 7.32. The van der Waals surface area contributed by atoms with Crippen LogP contribution in [0, 0.1) is 5.82 Å². The van der Waals surface area contributed by atoms with E-state index in [4.69, 9.17) is 10.5 Å². The van der Waals surface area contributed by atoms with Crippen molar-refractivity contribution in [3.8, 4) is 0 Å². The molecule has 1 aromatic carbocycles. The number of anilines is 1. The molecule has 1 unspecified atom stereocenters. The fraction of sp³-hybridized carbons (Fsp3) is 0.533. The normalized spacial score (nSPS) is 29.7. The van der Waals surface area contributed by atoms with Crippen molar-refractivity contribution in [3.05, 3.63) is 29.6 Å². The largest absolute Gasteiger partial charge is 0.459 e. The molecule has 2 aliphatic rings. The summed E-state index contributed by atoms with van der Waals surface area (Å²) in [5, 5.41) is 3.16. The van der Waals surface area contributed by atoms with Crippen LogP contribution < -0.4 is 11.1 Å². The number of hydrogen-bond acceptors (Lipinski definition) is 5. The van der Waals surface area contributed by atoms with Crippen LogP contribution >= 0.6 is 0 Å². The molecule has 0 aliphatic carbocycles. The molecular formula is C15H18F3N3O2. The number of nitrogens with zero attached hydrogens (tertiary/aromatic N) is 1. The van der Waals surface area contributed by atoms with Crippen LogP contribution in [-0.4, -0.2) is 37.8 Å². The van der Waals surface area contributed by atoms with Crippen LogP contribution in [0.5, 0.6) is 0 Å². The lowest BCUT2D eigenvalue weighted by Gasteiger charge is -2.37. The topological polar surface area (TPSA) is 68.9 Å². The van der Waals surface area contributed by atoms with E-state index in [0.29, 0.717) is 18.9 Å². The Balaban J connectivity index is 1.98. The molecule has 0 bridgehead atoms. The summed E-state index contributed by atoms with van der Waals surface area (Å²) in [6.07, 6.45) is 0.805. The van der Waals surface area contributed by atoms with Gasteiger partial charge in [0.05, 0.1) is 12.6 Å². The van der Waals surface area contributed by atoms with Gasteiger partial charge in [-0.3, -0.25) is 0 Å². The van der Waals surface area contributed by atoms with Crippen LogP contribution in [0.15, 0.2) is 23.2 Å². The molecule has 0 radical (unpaired) electrons. The van der Waals surface area contributed by atoms with Gasteiger partial charge in [0.25, 0.3) is 6.02 Å². The number of nitrogens with one attached hydrogen (secondary N) is 1. The van der Waals surface area contributed by atoms with E-state index >= 15 is 0 Å². The third-order valence-corrected chi connectivity index (χ3v) is 4.24. The Morgan fingerprint density at radius 2 is 2.17 bits per heavy atom. The lowest BCUT2D eigenvalue weighted by molar-refractivity contribution is -0.117. The lowest BCUT2D eigenvalue weighted by Crippen LogP contribution is -2.51. The molecule has 3 N–H and O–H groups in total. The molecule has 1 fully saturated rings. The smallest absolute Gasteiger partial charge is 0.310 e. The van der Waals surface area contributed by atoms with E-state index in [2.05, 4.69) is 15.0 Å². The minimum absolute atomic E-state index is 0.0740. The summed E-state index contributed by atoms with van der Waals surface area (Å²) in [5.74, 6) is -4.15. The van der Waals surface area contributed by atoms with E-state index in [1.165, 1.54) is 12.1 Å². The number of hydrogen-bond donors (Lipinski definition) is 2. The Morgan fingerprint density at radius 3 is 2.87 bits per heavy atom. The fourth-order valence-electron chi connectivity index (χ4n) is 2.77. The molecule has 0 amide bonds. The molecule has 2 aliphatic heterocycles. The zero-order valence-electron chi connectivity index (χ0n) is 12.6. The van der Waals surface area contributed by atoms with E-state index < -0.39 is 23.9 Å². The highest BCUT2D eigenvalue weighted by Gasteiger charge is 2.56. The van der Waals surface area contributed by atoms with E-state index in [-0.39, 0.29) is 17.6 Å². The predicted octanol–water partition coefficient (Wildman–Crippen LogP) is 2.22. The highest BCUT2D eigenvalue weighted by molar-refractivity contribution is 5.73. The molecule has 2 atom stereocenters. The van der Waals surface area contributed by atoms with E-state index in [9.17, 15) is 13.2 Å². The second-order valence-electron chi connectivity index (χ2n) is 5.91. The van der Waals surface area contributed by atoms with Crippen molar-refractivity contribution in [2.75, 3.05) is 25.1 Å². The SMILES string of the molecule is C[C@]1(c2cc(NC3CCOC3)ccc2F)N=C(N)OCC1(F)F. The van der Waals surface area contributed by atoms with Gasteiger partial charge in [0.15, 0.2) is 12.1 Å². The second-order valence-corrected chi connectivity index (χ2v) is 5.91. The maximum absolute atomic E-state index is 14.3. The summed E-state index contributed by atoms with van der Waals surface area (Å²) in [5.41, 5.74) is 3.62. The molecule has 0 aromatic heterocycles. The van der Waals surface area contributed by atoms with Crippen LogP contribution in [-0.2, 0) is 15.0 Å². The van der Waals surface area contributed by atoms with Gasteiger partial charge in [-0.15, -0.1) is 0 Å². The Morgan fingerprint density at radius 1 is 1.39 bits per heavy atom. The first-order valence-electron chi connectivity index (χ1n) is 7.32. The van der Waals surface area contributed by atoms with Gasteiger partial charge in [0.2, 0.25) is 0 Å². The third-order valence-electron chi connectivity index (χ3n) is 4.24. The zero-order chi connectivity index (χ0) is 16.7. The summed E-state index contributed by atoms with van der Waals surface area (Å²) in [7, 11) is 0. The predicted molar refractivity (Wildman–Crippen MR) is 79.1 cm³/mol. The quantitative estimate of drug-likeness (QED) is 0.892. The van der Waals surface area contributed by atoms with E-state index in [0.717, 1.165) is 19.4 Å². The Bertz CT molecular complexity index is 632. The molecular weight excluding hydrogens is 311 g/mol. The van der Waals surface area contributed by atoms with E-state index in [1.807, 2.05) is 0 Å². The number of rotatable bonds is 3. The van der Waals surface area contributed by atoms with Crippen molar-refractivity contribution in [2.24, 2.45) is 10.7 Å². The van der Waals surface area contributed by atoms with Crippen molar-refractivity contribution in [1.82, 2.24) is 0 Å². The molecule has 0 spiro atoms. The summed E-state index contributed by atoms with van der Waals surface area (Å²) in [4.78, 5) is 3.70. The first-order chi connectivity index (χ1) is 10.8. The van der Waals surface area contributed by atoms with Crippen LogP contribution in [0.4, 0.5) is 18.9 Å². The monoisotopic (exact) mass is 329 g/mol. The highest BCUT2D eigenvalue weighted by atomic mass is 19.3. The lowest BCUT2D eigenvalue weighted by atomic mass is 9.85. The van der Waals surface area contributed by atoms with Crippen molar-refractivity contribution >= 4 is 11.7 Å². The number of alkyl halides is 2. The van der Waals surface area contributed by atoms with Gasteiger partial charge >= 0.3 is 5.92 Å². The third kappa shape index (κ3) is 2.83. The molecule has 3 rings (SSSR count). The van der Waals surface area contributed by atoms with Gasteiger partial charge in [-0.1, -0.05) is 0 Å². The second kappa shape index (κ2) is 5.59. The number of amidine groups is 1. The van der Waals surface area contributed by atoms with Crippen LogP contribution in [0.25, 0.3) is 0 Å². The summed E-state index contributed by atoms with van der Waals surface area (Å²) in [6, 6.07) is 3.70. The molecule has 8 heteroatoms. The number of ether oxygens (including phenoxy) is 2. The Kier molecular flexibility index (Phi) is 3.87. The Hall–Kier alpha value is -1.96. The van der Waals surface area contributed by atoms with Gasteiger partial charge < -0.3 is 20.5 Å². The van der Waals surface area contributed by atoms with Gasteiger partial charge in [-0.2, -0.15) is 8.78 Å². The molecule has 5 nitrogen and oxygen atoms in total. The molecule has 1 saturated heterocycles. The average Bonchev–Trinajstić information content (AvgIpc) is 2.99. The highest BCUT2D eigenvalue weighted by Crippen LogP contribution is 2.44. The number of aliphatic imine (C=N–C) groups is 1. The van der Waals surface area contributed by atoms with Gasteiger partial charge in [-0.25, -0.2) is 9.38 Å². The summed E-state index contributed by atoms with van der Waals surface area (Å²) in [6.45, 7) is 1.38. The van der Waals surface area contributed by atoms with Crippen molar-refractivity contribution in [3.63, 3.8) is 0 Å². The average molecular weight is 329 g/mol. The molecule has 23 heavy (non-hydrogen) atoms. The minimum atomic E-state index is -3.38. The molecule has 1 aromatic rings. The maximum Gasteiger partial charge on any atom is 0.310 e. The van der Waals surface area contributed by atoms with Crippen LogP contribution in [0.1, 0.15) is 18.9 Å². The molecule has 0 saturated carbocycles. The number of nitrogens with two attached hydrogens (primary N) is 1. The molecule has 2 heterocycles. The van der Waals surface area contributed by atoms with Crippen LogP contribution in [0.3, 0.4) is 0 Å². The molecule has 126 valence electrons. The fourth-order valence-corrected chi connectivity index (χ4v) is 2.77. The summed E-state index contributed by atoms with van der Waals surface area (Å²) >= 11 is 0. The minimum Gasteiger partial charge on any atom is -0.459 e. The first kappa shape index (κ1) is 15.9. The maximum atomic E-state index is 14.3. The number of halogens is 3. The van der Waals surface area contributed by atoms with Gasteiger partial charge in [-0.05, 0) is 31.5 Å². The van der Waals surface area contributed by atoms with Gasteiger partial charge in [0, 0.05) is 17.9 Å². The van der Waals surface area contributed by atoms with Crippen molar-refractivity contribution in [1.29, 1.82) is 0 Å². The Labute approximate surface area is 131 Å². The number of benzene rings is 1. The summed E-state index contributed by atoms with van der Waals surface area (Å²) < 4.78 is 52.8. The standard InChI is InChI=1S/C15H18F3N3O2/c1-14(15(17,18)8-23-13(19)21-14)11-6-9(2-3-12(11)16)20-10-4-5-22-7-10/h2-3,6,10,20H,4-5,7-8H2,1H3,(H2,19,21)/t10?,14-/m1/s1. The van der Waals surface area contributed by atoms with Gasteiger partial charge in [0.1, 0.15) is 5.82 Å². The van der Waals surface area contributed by atoms with Crippen molar-refractivity contribution < 1.29 is 22.6 Å².